The molecular weight excluding hydrogens is 406 g/mol. The number of carbonyl (C=O) groups excluding carboxylic acids is 2. The molecule has 7 heteroatoms. The highest BCUT2D eigenvalue weighted by Gasteiger charge is 2.26. The number of hydrogen-bond donors (Lipinski definition) is 0. The molecule has 32 heavy (non-hydrogen) atoms. The third kappa shape index (κ3) is 5.35. The van der Waals surface area contributed by atoms with Gasteiger partial charge in [0.2, 0.25) is 0 Å². The van der Waals surface area contributed by atoms with Crippen LogP contribution in [0.1, 0.15) is 29.8 Å². The Morgan fingerprint density at radius 2 is 1.84 bits per heavy atom. The molecule has 0 radical (unpaired) electrons. The molecule has 3 aromatic rings. The first kappa shape index (κ1) is 23.1. The molecule has 1 aromatic heterocycles. The van der Waals surface area contributed by atoms with E-state index in [0.29, 0.717) is 30.1 Å². The minimum absolute atomic E-state index is 0.180. The van der Waals surface area contributed by atoms with E-state index in [4.69, 9.17) is 14.6 Å². The lowest BCUT2D eigenvalue weighted by Crippen LogP contribution is -2.37. The number of carbonyl (C=O) groups is 2. The summed E-state index contributed by atoms with van der Waals surface area (Å²) in [5.41, 5.74) is 2.93. The van der Waals surface area contributed by atoms with Crippen molar-refractivity contribution in [3.8, 4) is 17.0 Å². The summed E-state index contributed by atoms with van der Waals surface area (Å²) in [4.78, 5) is 27.1. The maximum Gasteiger partial charge on any atom is 0.310 e. The number of nitrogens with zero attached hydrogens (tertiary/aromatic N) is 3. The third-order valence-electron chi connectivity index (χ3n) is 5.29. The fraction of sp³-hybridized carbons (Fsp3) is 0.320. The van der Waals surface area contributed by atoms with Crippen molar-refractivity contribution in [1.29, 1.82) is 0 Å². The number of rotatable bonds is 9. The van der Waals surface area contributed by atoms with Gasteiger partial charge < -0.3 is 14.4 Å². The molecular formula is C25H29N3O4. The van der Waals surface area contributed by atoms with Crippen LogP contribution in [0, 0.1) is 5.92 Å². The van der Waals surface area contributed by atoms with Crippen LogP contribution in [0.15, 0.2) is 60.8 Å². The Labute approximate surface area is 188 Å². The number of amides is 1. The maximum atomic E-state index is 13.5. The second-order valence-electron chi connectivity index (χ2n) is 7.57. The van der Waals surface area contributed by atoms with Crippen LogP contribution >= 0.6 is 0 Å². The van der Waals surface area contributed by atoms with Gasteiger partial charge in [-0.2, -0.15) is 5.10 Å². The Bertz CT molecular complexity index is 1060. The topological polar surface area (TPSA) is 73.7 Å². The maximum absolute atomic E-state index is 13.5. The molecule has 0 N–H and O–H groups in total. The average molecular weight is 436 g/mol. The largest absolute Gasteiger partial charge is 0.497 e. The summed E-state index contributed by atoms with van der Waals surface area (Å²) in [6.45, 7) is 4.91. The smallest absolute Gasteiger partial charge is 0.310 e. The lowest BCUT2D eigenvalue weighted by atomic mass is 10.1. The van der Waals surface area contributed by atoms with Crippen LogP contribution in [0.2, 0.25) is 0 Å². The Kier molecular flexibility index (Phi) is 7.65. The minimum Gasteiger partial charge on any atom is -0.497 e. The normalized spacial score (nSPS) is 11.6. The third-order valence-corrected chi connectivity index (χ3v) is 5.29. The molecule has 7 nitrogen and oxygen atoms in total. The van der Waals surface area contributed by atoms with Crippen molar-refractivity contribution in [3.63, 3.8) is 0 Å². The van der Waals surface area contributed by atoms with Crippen LogP contribution < -0.4 is 4.74 Å². The van der Waals surface area contributed by atoms with Gasteiger partial charge in [0.05, 0.1) is 32.2 Å². The first-order valence-electron chi connectivity index (χ1n) is 10.6. The zero-order valence-corrected chi connectivity index (χ0v) is 18.9. The first-order valence-corrected chi connectivity index (χ1v) is 10.6. The molecule has 0 spiro atoms. The van der Waals surface area contributed by atoms with Crippen molar-refractivity contribution < 1.29 is 19.1 Å². The van der Waals surface area contributed by atoms with Crippen LogP contribution in [0.3, 0.4) is 0 Å². The highest BCUT2D eigenvalue weighted by molar-refractivity contribution is 6.00. The second-order valence-corrected chi connectivity index (χ2v) is 7.57. The van der Waals surface area contributed by atoms with Crippen LogP contribution in [-0.4, -0.2) is 53.9 Å². The van der Waals surface area contributed by atoms with Crippen molar-refractivity contribution in [2.24, 2.45) is 5.92 Å². The van der Waals surface area contributed by atoms with Crippen LogP contribution in [0.5, 0.6) is 5.75 Å². The van der Waals surface area contributed by atoms with Gasteiger partial charge in [0.15, 0.2) is 0 Å². The molecule has 2 aromatic carbocycles. The van der Waals surface area contributed by atoms with Gasteiger partial charge in [-0.1, -0.05) is 49.4 Å². The van der Waals surface area contributed by atoms with Crippen molar-refractivity contribution >= 4 is 11.9 Å². The zero-order chi connectivity index (χ0) is 23.1. The molecule has 0 aliphatic rings. The SMILES string of the molecule is CCN(CC(C)C(=O)OC)C(=O)c1cn(Cc2ccccc2)nc1-c1cccc(OC)c1. The van der Waals surface area contributed by atoms with E-state index in [1.165, 1.54) is 7.11 Å². The van der Waals surface area contributed by atoms with Gasteiger partial charge in [0.25, 0.3) is 5.91 Å². The number of hydrogen-bond acceptors (Lipinski definition) is 5. The number of aromatic nitrogens is 2. The zero-order valence-electron chi connectivity index (χ0n) is 18.9. The van der Waals surface area contributed by atoms with E-state index in [1.807, 2.05) is 61.5 Å². The molecule has 0 aliphatic heterocycles. The molecule has 0 aliphatic carbocycles. The number of benzene rings is 2. The van der Waals surface area contributed by atoms with Gasteiger partial charge in [-0.25, -0.2) is 0 Å². The Morgan fingerprint density at radius 3 is 2.50 bits per heavy atom. The van der Waals surface area contributed by atoms with E-state index in [-0.39, 0.29) is 18.4 Å². The van der Waals surface area contributed by atoms with Gasteiger partial charge in [-0.15, -0.1) is 0 Å². The lowest BCUT2D eigenvalue weighted by Gasteiger charge is -2.23. The van der Waals surface area contributed by atoms with E-state index >= 15 is 0 Å². The molecule has 1 atom stereocenters. The van der Waals surface area contributed by atoms with E-state index in [9.17, 15) is 9.59 Å². The van der Waals surface area contributed by atoms with Gasteiger partial charge >= 0.3 is 5.97 Å². The van der Waals surface area contributed by atoms with Gasteiger partial charge in [0.1, 0.15) is 11.4 Å². The quantitative estimate of drug-likeness (QED) is 0.477. The molecule has 1 amide bonds. The molecule has 0 saturated heterocycles. The van der Waals surface area contributed by atoms with Crippen molar-refractivity contribution in [3.05, 3.63) is 71.9 Å². The molecule has 168 valence electrons. The molecule has 1 unspecified atom stereocenters. The molecule has 1 heterocycles. The molecule has 3 rings (SSSR count). The summed E-state index contributed by atoms with van der Waals surface area (Å²) in [6, 6.07) is 17.4. The standard InChI is InChI=1S/C25H29N3O4/c1-5-27(15-18(2)25(30)32-4)24(29)22-17-28(16-19-10-7-6-8-11-19)26-23(22)20-12-9-13-21(14-20)31-3/h6-14,17-18H,5,15-16H2,1-4H3. The monoisotopic (exact) mass is 435 g/mol. The number of esters is 1. The van der Waals surface area contributed by atoms with Crippen molar-refractivity contribution in [2.45, 2.75) is 20.4 Å². The fourth-order valence-electron chi connectivity index (χ4n) is 3.55. The average Bonchev–Trinajstić information content (AvgIpc) is 3.25. The highest BCUT2D eigenvalue weighted by atomic mass is 16.5. The lowest BCUT2D eigenvalue weighted by molar-refractivity contribution is -0.145. The predicted molar refractivity (Wildman–Crippen MR) is 123 cm³/mol. The summed E-state index contributed by atoms with van der Waals surface area (Å²) in [6.07, 6.45) is 1.77. The van der Waals surface area contributed by atoms with Gasteiger partial charge in [-0.05, 0) is 24.6 Å². The van der Waals surface area contributed by atoms with E-state index in [1.54, 1.807) is 29.8 Å². The van der Waals surface area contributed by atoms with Crippen molar-refractivity contribution in [2.75, 3.05) is 27.3 Å². The molecule has 0 saturated carbocycles. The van der Waals surface area contributed by atoms with Crippen LogP contribution in [0.4, 0.5) is 0 Å². The van der Waals surface area contributed by atoms with Gasteiger partial charge in [-0.3, -0.25) is 14.3 Å². The Hall–Kier alpha value is -3.61. The van der Waals surface area contributed by atoms with E-state index in [2.05, 4.69) is 0 Å². The predicted octanol–water partition coefficient (Wildman–Crippen LogP) is 3.88. The summed E-state index contributed by atoms with van der Waals surface area (Å²) in [5, 5.41) is 4.74. The van der Waals surface area contributed by atoms with Gasteiger partial charge in [0, 0.05) is 24.8 Å². The van der Waals surface area contributed by atoms with E-state index in [0.717, 1.165) is 11.1 Å². The summed E-state index contributed by atoms with van der Waals surface area (Å²) < 4.78 is 12.0. The summed E-state index contributed by atoms with van der Waals surface area (Å²) in [5.74, 6) is -0.266. The van der Waals surface area contributed by atoms with E-state index < -0.39 is 5.92 Å². The Balaban J connectivity index is 1.99. The summed E-state index contributed by atoms with van der Waals surface area (Å²) in [7, 11) is 2.96. The summed E-state index contributed by atoms with van der Waals surface area (Å²) >= 11 is 0. The Morgan fingerprint density at radius 1 is 1.09 bits per heavy atom. The number of methoxy groups -OCH3 is 2. The molecule has 0 bridgehead atoms. The first-order chi connectivity index (χ1) is 15.5. The number of ether oxygens (including phenoxy) is 2. The minimum atomic E-state index is -0.427. The van der Waals surface area contributed by atoms with Crippen LogP contribution in [-0.2, 0) is 16.1 Å². The second kappa shape index (κ2) is 10.6. The van der Waals surface area contributed by atoms with Crippen LogP contribution in [0.25, 0.3) is 11.3 Å². The van der Waals surface area contributed by atoms with Crippen molar-refractivity contribution in [1.82, 2.24) is 14.7 Å². The fourth-order valence-corrected chi connectivity index (χ4v) is 3.55. The highest BCUT2D eigenvalue weighted by Crippen LogP contribution is 2.27. The molecule has 0 fully saturated rings.